The molecule has 0 spiro atoms. The molecule has 9 nitrogen and oxygen atoms in total. The zero-order chi connectivity index (χ0) is 53.6. The summed E-state index contributed by atoms with van der Waals surface area (Å²) in [5.41, 5.74) is 0. The van der Waals surface area contributed by atoms with Crippen molar-refractivity contribution in [2.45, 2.75) is 264 Å². The Morgan fingerprint density at radius 2 is 0.849 bits per heavy atom. The van der Waals surface area contributed by atoms with Gasteiger partial charge in [0.1, 0.15) is 19.3 Å². The molecule has 0 radical (unpaired) electrons. The predicted octanol–water partition coefficient (Wildman–Crippen LogP) is 17.6. The number of ether oxygens (including phenoxy) is 1. The number of allylic oxidation sites excluding steroid dienone is 13. The second-order valence-electron chi connectivity index (χ2n) is 21.1. The summed E-state index contributed by atoms with van der Waals surface area (Å²) in [6, 6.07) is -0.926. The number of carbonyl (C=O) groups is 2. The summed E-state index contributed by atoms with van der Waals surface area (Å²) in [5.74, 6) is -0.635. The van der Waals surface area contributed by atoms with E-state index in [1.807, 2.05) is 39.4 Å². The highest BCUT2D eigenvalue weighted by molar-refractivity contribution is 7.45. The van der Waals surface area contributed by atoms with E-state index < -0.39 is 26.6 Å². The van der Waals surface area contributed by atoms with Crippen molar-refractivity contribution in [2.75, 3.05) is 40.9 Å². The highest BCUT2D eigenvalue weighted by atomic mass is 31.2. The third kappa shape index (κ3) is 53.8. The van der Waals surface area contributed by atoms with Gasteiger partial charge in [-0.3, -0.25) is 14.2 Å². The van der Waals surface area contributed by atoms with E-state index in [1.54, 1.807) is 0 Å². The molecule has 422 valence electrons. The van der Waals surface area contributed by atoms with Crippen LogP contribution in [-0.2, 0) is 27.9 Å². The van der Waals surface area contributed by atoms with E-state index in [4.69, 9.17) is 13.8 Å². The number of hydrogen-bond donors (Lipinski definition) is 1. The lowest BCUT2D eigenvalue weighted by Gasteiger charge is -2.30. The topological polar surface area (TPSA) is 114 Å². The Hall–Kier alpha value is -2.81. The van der Waals surface area contributed by atoms with Gasteiger partial charge in [-0.05, 0) is 96.0 Å². The van der Waals surface area contributed by atoms with Crippen LogP contribution in [0.4, 0.5) is 0 Å². The number of phosphoric ester groups is 1. The van der Waals surface area contributed by atoms with Gasteiger partial charge in [0.05, 0.1) is 33.8 Å². The Labute approximate surface area is 450 Å². The van der Waals surface area contributed by atoms with Crippen molar-refractivity contribution in [2.24, 2.45) is 0 Å². The van der Waals surface area contributed by atoms with E-state index in [0.717, 1.165) is 77.0 Å². The molecule has 73 heavy (non-hydrogen) atoms. The first-order valence-electron chi connectivity index (χ1n) is 29.9. The Kier molecular flexibility index (Phi) is 50.6. The molecule has 0 heterocycles. The van der Waals surface area contributed by atoms with Gasteiger partial charge in [-0.1, -0.05) is 228 Å². The molecule has 0 aliphatic rings. The van der Waals surface area contributed by atoms with Crippen LogP contribution >= 0.6 is 7.82 Å². The molecule has 0 aromatic carbocycles. The van der Waals surface area contributed by atoms with Crippen LogP contribution in [0.2, 0.25) is 0 Å². The summed E-state index contributed by atoms with van der Waals surface area (Å²) in [7, 11) is 1.14. The normalized spacial score (nSPS) is 14.3. The van der Waals surface area contributed by atoms with Crippen LogP contribution < -0.4 is 10.2 Å². The van der Waals surface area contributed by atoms with Gasteiger partial charge < -0.3 is 28.5 Å². The molecule has 0 rings (SSSR count). The summed E-state index contributed by atoms with van der Waals surface area (Å²) in [5, 5.41) is 2.97. The molecular formula is C63H113N2O7P. The lowest BCUT2D eigenvalue weighted by atomic mass is 10.1. The Balaban J connectivity index is 5.27. The Bertz CT molecular complexity index is 1530. The average molecular weight is 1040 g/mol. The molecule has 0 aliphatic heterocycles. The van der Waals surface area contributed by atoms with Gasteiger partial charge >= 0.3 is 5.97 Å². The maximum atomic E-state index is 13.4. The van der Waals surface area contributed by atoms with E-state index in [1.165, 1.54) is 128 Å². The molecule has 0 aromatic heterocycles. The second-order valence-corrected chi connectivity index (χ2v) is 22.6. The number of carbonyl (C=O) groups excluding carboxylic acids is 2. The number of nitrogens with zero attached hydrogens (tertiary/aromatic N) is 1. The molecule has 10 heteroatoms. The molecule has 0 saturated heterocycles. The van der Waals surface area contributed by atoms with Gasteiger partial charge in [-0.15, -0.1) is 0 Å². The van der Waals surface area contributed by atoms with Crippen molar-refractivity contribution in [1.29, 1.82) is 0 Å². The number of hydrogen-bond acceptors (Lipinski definition) is 7. The molecule has 0 aromatic rings. The zero-order valence-corrected chi connectivity index (χ0v) is 49.0. The standard InChI is InChI=1S/C63H113N2O7P/c1-7-10-13-16-19-22-25-27-28-29-30-31-32-33-34-35-36-38-41-44-47-50-53-56-63(67)72-61(54-51-48-45-42-39-24-21-18-15-12-9-3)60(59-71-73(68,69)70-58-57-65(4,5)6)64-62(66)55-52-49-46-43-40-37-26-23-20-17-14-11-8-2/h19,22,27-28,30-31,33-34,37,40,46,49,51,54,60-61H,7-18,20-21,23-26,29,32,35-36,38-39,41-45,47-48,50,52-53,55-59H2,1-6H3,(H-,64,66,68,69)/b22-19-,28-27-,31-30-,34-33-,40-37-,49-46+,54-51-. The maximum Gasteiger partial charge on any atom is 0.306 e. The van der Waals surface area contributed by atoms with Crippen molar-refractivity contribution < 1.29 is 37.3 Å². The quantitative estimate of drug-likeness (QED) is 0.0212. The van der Waals surface area contributed by atoms with Crippen LogP contribution in [0.1, 0.15) is 252 Å². The summed E-state index contributed by atoms with van der Waals surface area (Å²) in [4.78, 5) is 39.8. The zero-order valence-electron chi connectivity index (χ0n) is 48.1. The average Bonchev–Trinajstić information content (AvgIpc) is 3.35. The van der Waals surface area contributed by atoms with Crippen molar-refractivity contribution in [3.8, 4) is 0 Å². The molecular weight excluding hydrogens is 928 g/mol. The summed E-state index contributed by atoms with van der Waals surface area (Å²) >= 11 is 0. The van der Waals surface area contributed by atoms with E-state index >= 15 is 0 Å². The van der Waals surface area contributed by atoms with E-state index in [9.17, 15) is 19.0 Å². The minimum atomic E-state index is -4.71. The number of likely N-dealkylation sites (N-methyl/N-ethyl adjacent to an activating group) is 1. The number of nitrogens with one attached hydrogen (secondary N) is 1. The fraction of sp³-hybridized carbons (Fsp3) is 0.746. The Morgan fingerprint density at radius 1 is 0.479 bits per heavy atom. The molecule has 3 unspecified atom stereocenters. The van der Waals surface area contributed by atoms with E-state index in [2.05, 4.69) is 92.9 Å². The van der Waals surface area contributed by atoms with Crippen molar-refractivity contribution in [3.05, 3.63) is 85.1 Å². The van der Waals surface area contributed by atoms with Gasteiger partial charge in [0.25, 0.3) is 7.82 Å². The molecule has 0 fully saturated rings. The second kappa shape index (κ2) is 52.6. The molecule has 1 amide bonds. The van der Waals surface area contributed by atoms with Crippen LogP contribution in [-0.4, -0.2) is 69.4 Å². The highest BCUT2D eigenvalue weighted by Crippen LogP contribution is 2.38. The molecule has 1 N–H and O–H groups in total. The van der Waals surface area contributed by atoms with Gasteiger partial charge in [0, 0.05) is 12.8 Å². The number of amides is 1. The summed E-state index contributed by atoms with van der Waals surface area (Å²) in [6.07, 6.45) is 68.5. The molecule has 0 aliphatic carbocycles. The van der Waals surface area contributed by atoms with Gasteiger partial charge in [-0.25, -0.2) is 0 Å². The first kappa shape index (κ1) is 70.2. The smallest absolute Gasteiger partial charge is 0.306 e. The van der Waals surface area contributed by atoms with Gasteiger partial charge in [0.15, 0.2) is 0 Å². The Morgan fingerprint density at radius 3 is 1.30 bits per heavy atom. The largest absolute Gasteiger partial charge is 0.756 e. The minimum Gasteiger partial charge on any atom is -0.756 e. The SMILES string of the molecule is CCCCC/C=C\C/C=C\C/C=C\C/C=C\CCCCCCCCCC(=O)OC(/C=C\CCCCCCCCCCC)C(COP(=O)([O-])OCC[N+](C)(C)C)NC(=O)CC/C=C/C/C=C\CCCCCCCC. The summed E-state index contributed by atoms with van der Waals surface area (Å²) in [6.45, 7) is 6.74. The van der Waals surface area contributed by atoms with E-state index in [-0.39, 0.29) is 31.3 Å². The fourth-order valence-electron chi connectivity index (χ4n) is 8.14. The highest BCUT2D eigenvalue weighted by Gasteiger charge is 2.27. The van der Waals surface area contributed by atoms with Crippen molar-refractivity contribution in [1.82, 2.24) is 5.32 Å². The van der Waals surface area contributed by atoms with Crippen LogP contribution in [0, 0.1) is 0 Å². The number of esters is 1. The fourth-order valence-corrected chi connectivity index (χ4v) is 8.87. The van der Waals surface area contributed by atoms with Gasteiger partial charge in [0.2, 0.25) is 5.91 Å². The van der Waals surface area contributed by atoms with Crippen LogP contribution in [0.15, 0.2) is 85.1 Å². The van der Waals surface area contributed by atoms with Crippen molar-refractivity contribution >= 4 is 19.7 Å². The van der Waals surface area contributed by atoms with Crippen molar-refractivity contribution in [3.63, 3.8) is 0 Å². The van der Waals surface area contributed by atoms with Crippen LogP contribution in [0.25, 0.3) is 0 Å². The number of unbranched alkanes of at least 4 members (excludes halogenated alkanes) is 25. The molecule has 0 bridgehead atoms. The maximum absolute atomic E-state index is 13.4. The molecule has 0 saturated carbocycles. The number of phosphoric acid groups is 1. The first-order chi connectivity index (χ1) is 35.4. The number of rotatable bonds is 53. The first-order valence-corrected chi connectivity index (χ1v) is 31.4. The van der Waals surface area contributed by atoms with Gasteiger partial charge in [-0.2, -0.15) is 0 Å². The lowest BCUT2D eigenvalue weighted by molar-refractivity contribution is -0.870. The molecule has 3 atom stereocenters. The monoisotopic (exact) mass is 1040 g/mol. The predicted molar refractivity (Wildman–Crippen MR) is 311 cm³/mol. The third-order valence-electron chi connectivity index (χ3n) is 12.8. The van der Waals surface area contributed by atoms with E-state index in [0.29, 0.717) is 23.9 Å². The third-order valence-corrected chi connectivity index (χ3v) is 13.8. The van der Waals surface area contributed by atoms with Crippen LogP contribution in [0.5, 0.6) is 0 Å². The van der Waals surface area contributed by atoms with Crippen LogP contribution in [0.3, 0.4) is 0 Å². The number of quaternary nitrogens is 1. The minimum absolute atomic E-state index is 0.0367. The summed E-state index contributed by atoms with van der Waals surface area (Å²) < 4.78 is 30.2. The lowest BCUT2D eigenvalue weighted by Crippen LogP contribution is -2.47.